The fourth-order valence-corrected chi connectivity index (χ4v) is 10.4. The summed E-state index contributed by atoms with van der Waals surface area (Å²) in [6.45, 7) is 11.8. The number of carbonyl (C=O) groups is 1. The molecule has 0 saturated carbocycles. The van der Waals surface area contributed by atoms with E-state index in [0.717, 1.165) is 92.4 Å². The van der Waals surface area contributed by atoms with Gasteiger partial charge in [-0.25, -0.2) is 0 Å². The molecule has 1 N–H and O–H groups in total. The number of nitriles is 2. The maximum Gasteiger partial charge on any atom is 0.252 e. The van der Waals surface area contributed by atoms with Crippen LogP contribution in [0.2, 0.25) is 0 Å². The van der Waals surface area contributed by atoms with E-state index in [1.807, 2.05) is 37.3 Å². The number of hydrogen-bond acceptors (Lipinski definition) is 9. The van der Waals surface area contributed by atoms with Crippen molar-refractivity contribution in [1.82, 2.24) is 0 Å². The molecule has 0 radical (unpaired) electrons. The average molecular weight is 694 g/mol. The lowest BCUT2D eigenvalue weighted by molar-refractivity contribution is -0.112. The molecule has 2 heterocycles. The van der Waals surface area contributed by atoms with E-state index < -0.39 is 0 Å². The Hall–Kier alpha value is -2.63. The molecule has 2 atom stereocenters. The summed E-state index contributed by atoms with van der Waals surface area (Å²) < 4.78 is 15.0. The van der Waals surface area contributed by atoms with Gasteiger partial charge in [-0.15, -0.1) is 0 Å². The third-order valence-corrected chi connectivity index (χ3v) is 13.5. The van der Waals surface area contributed by atoms with Crippen molar-refractivity contribution >= 4 is 58.6 Å². The molecule has 10 heteroatoms. The Kier molecular flexibility index (Phi) is 14.2. The number of rotatable bonds is 16. The number of amides is 1. The minimum Gasteiger partial charge on any atom is -0.491 e. The Balaban J connectivity index is 1.79. The molecule has 46 heavy (non-hydrogen) atoms. The third-order valence-electron chi connectivity index (χ3n) is 8.14. The van der Waals surface area contributed by atoms with Crippen LogP contribution in [-0.2, 0) is 4.79 Å². The highest BCUT2D eigenvalue weighted by molar-refractivity contribution is 8.26. The molecule has 2 aliphatic heterocycles. The SMILES string of the molecule is CCCCC(CC)COc1c2c(c(OCC(CC)CCCC)c3c1SC(=C(C)C(=O)Nc1ccccc1)S3)SC(=C(C#N)C#N)S2. The van der Waals surface area contributed by atoms with E-state index in [2.05, 4.69) is 45.2 Å². The second-order valence-electron chi connectivity index (χ2n) is 11.5. The molecule has 1 amide bonds. The number of anilines is 1. The van der Waals surface area contributed by atoms with Gasteiger partial charge in [-0.2, -0.15) is 10.5 Å². The number of benzene rings is 2. The van der Waals surface area contributed by atoms with Gasteiger partial charge in [-0.1, -0.05) is 131 Å². The van der Waals surface area contributed by atoms with Crippen LogP contribution in [0.25, 0.3) is 0 Å². The first-order valence-corrected chi connectivity index (χ1v) is 19.5. The van der Waals surface area contributed by atoms with Crippen molar-refractivity contribution in [2.45, 2.75) is 106 Å². The highest BCUT2D eigenvalue weighted by atomic mass is 32.2. The first-order chi connectivity index (χ1) is 22.4. The predicted octanol–water partition coefficient (Wildman–Crippen LogP) is 11.4. The monoisotopic (exact) mass is 693 g/mol. The smallest absolute Gasteiger partial charge is 0.252 e. The van der Waals surface area contributed by atoms with Gasteiger partial charge in [0.05, 0.1) is 41.3 Å². The van der Waals surface area contributed by atoms with Crippen molar-refractivity contribution < 1.29 is 14.3 Å². The van der Waals surface area contributed by atoms with Gasteiger partial charge in [-0.05, 0) is 43.7 Å². The number of allylic oxidation sites excluding steroid dienone is 1. The molecule has 4 rings (SSSR count). The van der Waals surface area contributed by atoms with E-state index in [4.69, 9.17) is 9.47 Å². The van der Waals surface area contributed by atoms with Crippen molar-refractivity contribution in [1.29, 1.82) is 10.5 Å². The van der Waals surface area contributed by atoms with Crippen molar-refractivity contribution in [3.8, 4) is 23.6 Å². The van der Waals surface area contributed by atoms with Crippen LogP contribution in [0.5, 0.6) is 11.5 Å². The predicted molar refractivity (Wildman–Crippen MR) is 193 cm³/mol. The number of nitrogens with zero attached hydrogens (tertiary/aromatic N) is 2. The molecule has 2 aliphatic rings. The minimum absolute atomic E-state index is 0.0985. The summed E-state index contributed by atoms with van der Waals surface area (Å²) in [6, 6.07) is 13.6. The lowest BCUT2D eigenvalue weighted by Crippen LogP contribution is -2.14. The Morgan fingerprint density at radius 1 is 0.761 bits per heavy atom. The van der Waals surface area contributed by atoms with E-state index in [9.17, 15) is 15.3 Å². The summed E-state index contributed by atoms with van der Waals surface area (Å²) in [4.78, 5) is 17.1. The van der Waals surface area contributed by atoms with Crippen molar-refractivity contribution in [3.63, 3.8) is 0 Å². The topological polar surface area (TPSA) is 95.1 Å². The van der Waals surface area contributed by atoms with E-state index in [0.29, 0.717) is 34.9 Å². The van der Waals surface area contributed by atoms with E-state index in [-0.39, 0.29) is 11.5 Å². The highest BCUT2D eigenvalue weighted by Gasteiger charge is 2.39. The second kappa shape index (κ2) is 18.1. The Morgan fingerprint density at radius 3 is 1.63 bits per heavy atom. The van der Waals surface area contributed by atoms with Crippen LogP contribution in [0.15, 0.2) is 69.5 Å². The van der Waals surface area contributed by atoms with Crippen LogP contribution in [-0.4, -0.2) is 19.1 Å². The zero-order valence-corrected chi connectivity index (χ0v) is 30.6. The number of ether oxygens (including phenoxy) is 2. The summed E-state index contributed by atoms with van der Waals surface area (Å²) in [5, 5.41) is 22.5. The number of unbranched alkanes of at least 4 members (excludes halogenated alkanes) is 2. The molecule has 2 unspecified atom stereocenters. The molecule has 0 bridgehead atoms. The van der Waals surface area contributed by atoms with Gasteiger partial charge in [0.1, 0.15) is 29.2 Å². The van der Waals surface area contributed by atoms with E-state index in [1.165, 1.54) is 23.5 Å². The van der Waals surface area contributed by atoms with Gasteiger partial charge in [-0.3, -0.25) is 4.79 Å². The van der Waals surface area contributed by atoms with Crippen LogP contribution in [0, 0.1) is 34.5 Å². The molecule has 2 aromatic rings. The minimum atomic E-state index is -0.149. The largest absolute Gasteiger partial charge is 0.491 e. The highest BCUT2D eigenvalue weighted by Crippen LogP contribution is 2.68. The van der Waals surface area contributed by atoms with Gasteiger partial charge in [0.2, 0.25) is 0 Å². The summed E-state index contributed by atoms with van der Waals surface area (Å²) in [7, 11) is 0. The quantitative estimate of drug-likeness (QED) is 0.136. The number of carbonyl (C=O) groups excluding carboxylic acids is 1. The standard InChI is InChI=1S/C36H43N3O3S4/c1-6-10-15-24(8-3)21-41-28-30-31(44-35(43-30)23(5)34(40)39-27-17-13-12-14-18-27)29(42-22-25(9-4)16-11-7-2)33-32(28)45-36(46-33)26(19-37)20-38/h12-14,17-18,24-25H,6-11,15-16,21-22H2,1-5H3,(H,39,40). The summed E-state index contributed by atoms with van der Waals surface area (Å²) >= 11 is 5.95. The number of thioether (sulfide) groups is 4. The molecule has 0 saturated heterocycles. The first kappa shape index (κ1) is 36.2. The Labute approximate surface area is 291 Å². The van der Waals surface area contributed by atoms with Crippen LogP contribution in [0.3, 0.4) is 0 Å². The van der Waals surface area contributed by atoms with Crippen molar-refractivity contribution in [2.24, 2.45) is 11.8 Å². The van der Waals surface area contributed by atoms with E-state index in [1.54, 1.807) is 23.5 Å². The van der Waals surface area contributed by atoms with Crippen LogP contribution < -0.4 is 14.8 Å². The Morgan fingerprint density at radius 2 is 1.22 bits per heavy atom. The molecule has 0 aliphatic carbocycles. The average Bonchev–Trinajstić information content (AvgIpc) is 3.71. The van der Waals surface area contributed by atoms with Crippen LogP contribution in [0.4, 0.5) is 5.69 Å². The zero-order valence-electron chi connectivity index (χ0n) is 27.4. The third kappa shape index (κ3) is 8.83. The van der Waals surface area contributed by atoms with Crippen LogP contribution in [0.1, 0.15) is 86.0 Å². The number of para-hydroxylation sites is 1. The maximum absolute atomic E-state index is 13.4. The lowest BCUT2D eigenvalue weighted by atomic mass is 10.0. The summed E-state index contributed by atoms with van der Waals surface area (Å²) in [5.74, 6) is 2.21. The van der Waals surface area contributed by atoms with Crippen molar-refractivity contribution in [2.75, 3.05) is 18.5 Å². The van der Waals surface area contributed by atoms with Gasteiger partial charge in [0, 0.05) is 11.3 Å². The van der Waals surface area contributed by atoms with Gasteiger partial charge < -0.3 is 14.8 Å². The number of hydrogen-bond donors (Lipinski definition) is 1. The molecule has 0 spiro atoms. The normalized spacial score (nSPS) is 14.5. The molecular weight excluding hydrogens is 651 g/mol. The molecule has 2 aromatic carbocycles. The van der Waals surface area contributed by atoms with Gasteiger partial charge >= 0.3 is 0 Å². The zero-order chi connectivity index (χ0) is 33.1. The fourth-order valence-electron chi connectivity index (χ4n) is 5.07. The summed E-state index contributed by atoms with van der Waals surface area (Å²) in [6.07, 6.45) is 8.82. The van der Waals surface area contributed by atoms with Gasteiger partial charge in [0.25, 0.3) is 5.91 Å². The lowest BCUT2D eigenvalue weighted by Gasteiger charge is -2.22. The van der Waals surface area contributed by atoms with Crippen LogP contribution >= 0.6 is 47.0 Å². The Bertz CT molecular complexity index is 1460. The molecule has 0 fully saturated rings. The maximum atomic E-state index is 13.4. The van der Waals surface area contributed by atoms with Crippen molar-refractivity contribution in [3.05, 3.63) is 50.0 Å². The summed E-state index contributed by atoms with van der Waals surface area (Å²) in [5.41, 5.74) is 1.48. The first-order valence-electron chi connectivity index (χ1n) is 16.2. The molecule has 244 valence electrons. The molecular formula is C36H43N3O3S4. The van der Waals surface area contributed by atoms with E-state index >= 15 is 0 Å². The molecule has 6 nitrogen and oxygen atoms in total. The van der Waals surface area contributed by atoms with Gasteiger partial charge in [0.15, 0.2) is 0 Å². The fraction of sp³-hybridized carbons (Fsp3) is 0.472. The number of nitrogens with one attached hydrogen (secondary N) is 1. The number of fused-ring (bicyclic) bond motifs is 2. The molecule has 0 aromatic heterocycles. The second-order valence-corrected chi connectivity index (χ2v) is 16.1.